The van der Waals surface area contributed by atoms with E-state index in [1.165, 1.54) is 5.56 Å². The number of aryl methyl sites for hydroxylation is 1. The lowest BCUT2D eigenvalue weighted by molar-refractivity contribution is -0.131. The van der Waals surface area contributed by atoms with E-state index in [2.05, 4.69) is 51.2 Å². The molecule has 2 aromatic carbocycles. The quantitative estimate of drug-likeness (QED) is 0.394. The predicted molar refractivity (Wildman–Crippen MR) is 161 cm³/mol. The van der Waals surface area contributed by atoms with Gasteiger partial charge in [-0.15, -0.1) is 10.2 Å². The summed E-state index contributed by atoms with van der Waals surface area (Å²) in [6, 6.07) is 17.4. The Morgan fingerprint density at radius 1 is 0.860 bits per heavy atom. The first kappa shape index (κ1) is 28.9. The third-order valence-corrected chi connectivity index (χ3v) is 8.19. The number of anilines is 1. The Balaban J connectivity index is 1.09. The molecular weight excluding hydrogens is 548 g/mol. The molecule has 0 N–H and O–H groups in total. The second-order valence-electron chi connectivity index (χ2n) is 11.1. The third-order valence-electron chi connectivity index (χ3n) is 8.19. The molecule has 2 fully saturated rings. The van der Waals surface area contributed by atoms with Gasteiger partial charge in [-0.05, 0) is 43.7 Å². The monoisotopic (exact) mass is 586 g/mol. The van der Waals surface area contributed by atoms with Crippen LogP contribution < -0.4 is 14.4 Å². The third kappa shape index (κ3) is 7.06. The van der Waals surface area contributed by atoms with Gasteiger partial charge in [-0.1, -0.05) is 29.8 Å². The number of fused-ring (bicyclic) bond motifs is 1. The molecule has 0 saturated carbocycles. The number of ether oxygens (including phenoxy) is 3. The zero-order valence-corrected chi connectivity index (χ0v) is 24.6. The standard InChI is InChI=1S/C32H38N6O5/c1-24-3-5-25(6-4-24)27-8-10-30(34-33-27)36-11-2-12-37(16-15-36)31(39)22-38(14-13-35-17-19-41-20-18-35)32(40)26-7-9-28-29(21-26)43-23-42-28/h3-10,21H,2,11-20,22-23H2,1H3. The van der Waals surface area contributed by atoms with Gasteiger partial charge in [0.1, 0.15) is 6.54 Å². The highest BCUT2D eigenvalue weighted by Gasteiger charge is 2.27. The minimum atomic E-state index is -0.194. The molecule has 226 valence electrons. The van der Waals surface area contributed by atoms with Crippen molar-refractivity contribution in [1.82, 2.24) is 24.9 Å². The van der Waals surface area contributed by atoms with E-state index in [0.29, 0.717) is 63.0 Å². The number of benzene rings is 2. The number of carbonyl (C=O) groups is 2. The van der Waals surface area contributed by atoms with Gasteiger partial charge in [-0.3, -0.25) is 14.5 Å². The zero-order valence-electron chi connectivity index (χ0n) is 24.6. The molecule has 43 heavy (non-hydrogen) atoms. The van der Waals surface area contributed by atoms with E-state index in [0.717, 1.165) is 43.1 Å². The van der Waals surface area contributed by atoms with Crippen LogP contribution in [-0.2, 0) is 9.53 Å². The number of aromatic nitrogens is 2. The number of hydrogen-bond acceptors (Lipinski definition) is 9. The number of nitrogens with zero attached hydrogens (tertiary/aromatic N) is 6. The van der Waals surface area contributed by atoms with Gasteiger partial charge >= 0.3 is 0 Å². The van der Waals surface area contributed by atoms with Crippen molar-refractivity contribution in [3.63, 3.8) is 0 Å². The largest absolute Gasteiger partial charge is 0.454 e. The fourth-order valence-corrected chi connectivity index (χ4v) is 5.58. The number of rotatable bonds is 8. The Labute approximate surface area is 251 Å². The average Bonchev–Trinajstić information content (AvgIpc) is 3.38. The van der Waals surface area contributed by atoms with Gasteiger partial charge in [-0.25, -0.2) is 0 Å². The normalized spacial score (nSPS) is 17.0. The van der Waals surface area contributed by atoms with Gasteiger partial charge < -0.3 is 28.9 Å². The first-order chi connectivity index (χ1) is 21.0. The topological polar surface area (TPSA) is 101 Å². The minimum absolute atomic E-state index is 0.0165. The summed E-state index contributed by atoms with van der Waals surface area (Å²) in [4.78, 5) is 35.3. The Bertz CT molecular complexity index is 1410. The van der Waals surface area contributed by atoms with Crippen molar-refractivity contribution < 1.29 is 23.8 Å². The van der Waals surface area contributed by atoms with Crippen LogP contribution in [0.1, 0.15) is 22.3 Å². The van der Waals surface area contributed by atoms with E-state index in [9.17, 15) is 9.59 Å². The van der Waals surface area contributed by atoms with Crippen LogP contribution in [0.3, 0.4) is 0 Å². The first-order valence-corrected chi connectivity index (χ1v) is 15.0. The smallest absolute Gasteiger partial charge is 0.254 e. The van der Waals surface area contributed by atoms with E-state index in [-0.39, 0.29) is 25.2 Å². The highest BCUT2D eigenvalue weighted by molar-refractivity contribution is 5.97. The number of morpholine rings is 1. The Morgan fingerprint density at radius 2 is 1.67 bits per heavy atom. The van der Waals surface area contributed by atoms with Gasteiger partial charge in [0.25, 0.3) is 5.91 Å². The Kier molecular flexibility index (Phi) is 8.99. The molecule has 2 amide bonds. The molecule has 11 nitrogen and oxygen atoms in total. The van der Waals surface area contributed by atoms with Crippen molar-refractivity contribution in [2.45, 2.75) is 13.3 Å². The van der Waals surface area contributed by atoms with Crippen molar-refractivity contribution in [3.05, 3.63) is 65.7 Å². The van der Waals surface area contributed by atoms with Gasteiger partial charge in [0, 0.05) is 63.5 Å². The molecule has 2 saturated heterocycles. The molecule has 1 aromatic heterocycles. The van der Waals surface area contributed by atoms with Crippen molar-refractivity contribution in [2.24, 2.45) is 0 Å². The molecule has 0 aliphatic carbocycles. The Hall–Kier alpha value is -4.22. The maximum atomic E-state index is 13.7. The molecule has 0 spiro atoms. The summed E-state index contributed by atoms with van der Waals surface area (Å²) in [5, 5.41) is 8.96. The number of hydrogen-bond donors (Lipinski definition) is 0. The van der Waals surface area contributed by atoms with Gasteiger partial charge in [0.2, 0.25) is 12.7 Å². The fourth-order valence-electron chi connectivity index (χ4n) is 5.58. The predicted octanol–water partition coefficient (Wildman–Crippen LogP) is 2.69. The lowest BCUT2D eigenvalue weighted by Gasteiger charge is -2.31. The SMILES string of the molecule is Cc1ccc(-c2ccc(N3CCCN(C(=O)CN(CCN4CCOCC4)C(=O)c4ccc5c(c4)OCO5)CC3)nn2)cc1. The van der Waals surface area contributed by atoms with Crippen LogP contribution >= 0.6 is 0 Å². The van der Waals surface area contributed by atoms with E-state index in [1.54, 1.807) is 23.1 Å². The molecular formula is C32H38N6O5. The summed E-state index contributed by atoms with van der Waals surface area (Å²) in [6.45, 7) is 8.93. The number of amides is 2. The molecule has 3 aromatic rings. The van der Waals surface area contributed by atoms with E-state index in [1.807, 2.05) is 17.0 Å². The molecule has 6 rings (SSSR count). The molecule has 3 aliphatic rings. The molecule has 4 heterocycles. The lowest BCUT2D eigenvalue weighted by atomic mass is 10.1. The van der Waals surface area contributed by atoms with Crippen molar-refractivity contribution >= 4 is 17.6 Å². The molecule has 0 atom stereocenters. The summed E-state index contributed by atoms with van der Waals surface area (Å²) in [7, 11) is 0. The summed E-state index contributed by atoms with van der Waals surface area (Å²) in [6.07, 6.45) is 0.803. The zero-order chi connectivity index (χ0) is 29.6. The van der Waals surface area contributed by atoms with E-state index < -0.39 is 0 Å². The number of carbonyl (C=O) groups excluding carboxylic acids is 2. The maximum Gasteiger partial charge on any atom is 0.254 e. The highest BCUT2D eigenvalue weighted by Crippen LogP contribution is 2.33. The van der Waals surface area contributed by atoms with Gasteiger partial charge in [-0.2, -0.15) is 0 Å². The molecule has 3 aliphatic heterocycles. The summed E-state index contributed by atoms with van der Waals surface area (Å²) >= 11 is 0. The van der Waals surface area contributed by atoms with Crippen molar-refractivity contribution in [3.8, 4) is 22.8 Å². The second kappa shape index (κ2) is 13.4. The van der Waals surface area contributed by atoms with Crippen LogP contribution in [0.15, 0.2) is 54.6 Å². The Morgan fingerprint density at radius 3 is 2.47 bits per heavy atom. The molecule has 0 bridgehead atoms. The van der Waals surface area contributed by atoms with Gasteiger partial charge in [0.05, 0.1) is 18.9 Å². The average molecular weight is 587 g/mol. The summed E-state index contributed by atoms with van der Waals surface area (Å²) in [5.41, 5.74) is 3.55. The molecule has 0 unspecified atom stereocenters. The van der Waals surface area contributed by atoms with Crippen LogP contribution in [-0.4, -0.2) is 116 Å². The van der Waals surface area contributed by atoms with Crippen LogP contribution in [0, 0.1) is 6.92 Å². The fraction of sp³-hybridized carbons (Fsp3) is 0.438. The van der Waals surface area contributed by atoms with E-state index in [4.69, 9.17) is 14.2 Å². The summed E-state index contributed by atoms with van der Waals surface area (Å²) < 4.78 is 16.4. The summed E-state index contributed by atoms with van der Waals surface area (Å²) in [5.74, 6) is 1.72. The van der Waals surface area contributed by atoms with E-state index >= 15 is 0 Å². The van der Waals surface area contributed by atoms with Crippen molar-refractivity contribution in [2.75, 3.05) is 83.8 Å². The first-order valence-electron chi connectivity index (χ1n) is 15.0. The van der Waals surface area contributed by atoms with Crippen LogP contribution in [0.5, 0.6) is 11.5 Å². The maximum absolute atomic E-state index is 13.7. The van der Waals surface area contributed by atoms with Crippen LogP contribution in [0.25, 0.3) is 11.3 Å². The van der Waals surface area contributed by atoms with Crippen LogP contribution in [0.4, 0.5) is 5.82 Å². The molecule has 11 heteroatoms. The van der Waals surface area contributed by atoms with Crippen molar-refractivity contribution in [1.29, 1.82) is 0 Å². The molecule has 0 radical (unpaired) electrons. The second-order valence-corrected chi connectivity index (χ2v) is 11.1. The lowest BCUT2D eigenvalue weighted by Crippen LogP contribution is -2.47. The van der Waals surface area contributed by atoms with Gasteiger partial charge in [0.15, 0.2) is 17.3 Å². The highest BCUT2D eigenvalue weighted by atomic mass is 16.7. The minimum Gasteiger partial charge on any atom is -0.454 e. The van der Waals surface area contributed by atoms with Crippen LogP contribution in [0.2, 0.25) is 0 Å².